The second-order valence-electron chi connectivity index (χ2n) is 6.79. The first-order valence-corrected chi connectivity index (χ1v) is 10.0. The average molecular weight is 369 g/mol. The maximum absolute atomic E-state index is 5.57. The van der Waals surface area contributed by atoms with Crippen molar-refractivity contribution in [3.63, 3.8) is 0 Å². The summed E-state index contributed by atoms with van der Waals surface area (Å²) in [6.45, 7) is 5.02. The van der Waals surface area contributed by atoms with Gasteiger partial charge in [-0.25, -0.2) is 0 Å². The van der Waals surface area contributed by atoms with Crippen LogP contribution in [0.25, 0.3) is 0 Å². The van der Waals surface area contributed by atoms with Gasteiger partial charge in [0, 0.05) is 31.2 Å². The summed E-state index contributed by atoms with van der Waals surface area (Å²) in [5.41, 5.74) is 1.18. The molecule has 4 heterocycles. The highest BCUT2D eigenvalue weighted by molar-refractivity contribution is 7.98. The molecule has 136 valence electrons. The third kappa shape index (κ3) is 3.93. The lowest BCUT2D eigenvalue weighted by Gasteiger charge is -2.31. The zero-order chi connectivity index (χ0) is 17.8. The van der Waals surface area contributed by atoms with Gasteiger partial charge in [-0.15, -0.1) is 10.2 Å². The van der Waals surface area contributed by atoms with Crippen molar-refractivity contribution < 1.29 is 4.42 Å². The van der Waals surface area contributed by atoms with E-state index >= 15 is 0 Å². The zero-order valence-electron chi connectivity index (χ0n) is 14.9. The Hall–Kier alpha value is -2.28. The molecule has 3 aromatic rings. The van der Waals surface area contributed by atoms with Crippen molar-refractivity contribution in [2.45, 2.75) is 37.2 Å². The third-order valence-corrected chi connectivity index (χ3v) is 5.66. The lowest BCUT2D eigenvalue weighted by molar-refractivity contribution is 0.432. The van der Waals surface area contributed by atoms with Crippen molar-refractivity contribution >= 4 is 17.7 Å². The number of furan rings is 1. The molecular formula is C19H23N5OS. The number of nitrogens with zero attached hydrogens (tertiary/aromatic N) is 5. The number of aromatic nitrogens is 4. The van der Waals surface area contributed by atoms with Crippen LogP contribution in [0.5, 0.6) is 0 Å². The SMILES string of the molecule is CC1CCCN(c2nnc(SCc3cccnc3)n2Cc2ccco2)C1. The summed E-state index contributed by atoms with van der Waals surface area (Å²) < 4.78 is 7.75. The smallest absolute Gasteiger partial charge is 0.228 e. The van der Waals surface area contributed by atoms with Crippen LogP contribution in [0.2, 0.25) is 0 Å². The van der Waals surface area contributed by atoms with E-state index < -0.39 is 0 Å². The summed E-state index contributed by atoms with van der Waals surface area (Å²) in [7, 11) is 0. The van der Waals surface area contributed by atoms with Crippen LogP contribution in [0.15, 0.2) is 52.5 Å². The summed E-state index contributed by atoms with van der Waals surface area (Å²) in [6.07, 6.45) is 7.89. The van der Waals surface area contributed by atoms with Crippen LogP contribution >= 0.6 is 11.8 Å². The molecule has 0 aromatic carbocycles. The van der Waals surface area contributed by atoms with Crippen molar-refractivity contribution in [3.05, 3.63) is 54.2 Å². The first-order valence-electron chi connectivity index (χ1n) is 9.02. The molecule has 7 heteroatoms. The van der Waals surface area contributed by atoms with Gasteiger partial charge in [0.2, 0.25) is 5.95 Å². The molecule has 0 spiro atoms. The molecule has 1 aliphatic rings. The van der Waals surface area contributed by atoms with E-state index in [1.54, 1.807) is 24.2 Å². The van der Waals surface area contributed by atoms with Gasteiger partial charge >= 0.3 is 0 Å². The quantitative estimate of drug-likeness (QED) is 0.615. The summed E-state index contributed by atoms with van der Waals surface area (Å²) in [5, 5.41) is 9.93. The molecule has 1 atom stereocenters. The van der Waals surface area contributed by atoms with Crippen LogP contribution in [0.1, 0.15) is 31.1 Å². The summed E-state index contributed by atoms with van der Waals surface area (Å²) in [6, 6.07) is 7.97. The van der Waals surface area contributed by atoms with Crippen molar-refractivity contribution in [3.8, 4) is 0 Å². The lowest BCUT2D eigenvalue weighted by atomic mass is 10.0. The second-order valence-corrected chi connectivity index (χ2v) is 7.73. The number of piperidine rings is 1. The highest BCUT2D eigenvalue weighted by Crippen LogP contribution is 2.28. The Labute approximate surface area is 157 Å². The second kappa shape index (κ2) is 7.95. The topological polar surface area (TPSA) is 60.0 Å². The molecule has 0 aliphatic carbocycles. The fourth-order valence-electron chi connectivity index (χ4n) is 3.32. The maximum Gasteiger partial charge on any atom is 0.228 e. The minimum Gasteiger partial charge on any atom is -0.467 e. The highest BCUT2D eigenvalue weighted by Gasteiger charge is 2.23. The summed E-state index contributed by atoms with van der Waals surface area (Å²) >= 11 is 1.69. The molecular weight excluding hydrogens is 346 g/mol. The number of anilines is 1. The maximum atomic E-state index is 5.57. The number of hydrogen-bond acceptors (Lipinski definition) is 6. The molecule has 3 aromatic heterocycles. The van der Waals surface area contributed by atoms with E-state index in [0.717, 1.165) is 35.7 Å². The van der Waals surface area contributed by atoms with E-state index in [1.165, 1.54) is 18.4 Å². The Morgan fingerprint density at radius 1 is 1.27 bits per heavy atom. The minimum atomic E-state index is 0.648. The van der Waals surface area contributed by atoms with Gasteiger partial charge in [-0.1, -0.05) is 24.8 Å². The van der Waals surface area contributed by atoms with Crippen LogP contribution in [0.4, 0.5) is 5.95 Å². The number of rotatable bonds is 6. The molecule has 1 unspecified atom stereocenters. The van der Waals surface area contributed by atoms with Gasteiger partial charge < -0.3 is 9.32 Å². The van der Waals surface area contributed by atoms with Crippen molar-refractivity contribution in [2.75, 3.05) is 18.0 Å². The Balaban J connectivity index is 1.58. The van der Waals surface area contributed by atoms with E-state index in [-0.39, 0.29) is 0 Å². The van der Waals surface area contributed by atoms with Crippen molar-refractivity contribution in [2.24, 2.45) is 5.92 Å². The molecule has 0 saturated carbocycles. The number of thioether (sulfide) groups is 1. The first kappa shape index (κ1) is 17.1. The van der Waals surface area contributed by atoms with Crippen LogP contribution < -0.4 is 4.90 Å². The highest BCUT2D eigenvalue weighted by atomic mass is 32.2. The zero-order valence-corrected chi connectivity index (χ0v) is 15.7. The van der Waals surface area contributed by atoms with Gasteiger partial charge in [-0.05, 0) is 42.5 Å². The van der Waals surface area contributed by atoms with Crippen LogP contribution in [-0.4, -0.2) is 32.8 Å². The number of hydrogen-bond donors (Lipinski definition) is 0. The van der Waals surface area contributed by atoms with Gasteiger partial charge in [0.05, 0.1) is 12.8 Å². The van der Waals surface area contributed by atoms with Gasteiger partial charge in [0.15, 0.2) is 5.16 Å². The molecule has 0 amide bonds. The van der Waals surface area contributed by atoms with E-state index in [1.807, 2.05) is 24.4 Å². The number of pyridine rings is 1. The average Bonchev–Trinajstić information content (AvgIpc) is 3.31. The molecule has 1 fully saturated rings. The Morgan fingerprint density at radius 2 is 2.23 bits per heavy atom. The largest absolute Gasteiger partial charge is 0.467 e. The lowest BCUT2D eigenvalue weighted by Crippen LogP contribution is -2.36. The predicted molar refractivity (Wildman–Crippen MR) is 102 cm³/mol. The molecule has 4 rings (SSSR count). The fourth-order valence-corrected chi connectivity index (χ4v) is 4.19. The van der Waals surface area contributed by atoms with Gasteiger partial charge in [-0.2, -0.15) is 0 Å². The predicted octanol–water partition coefficient (Wildman–Crippen LogP) is 3.84. The Bertz CT molecular complexity index is 818. The van der Waals surface area contributed by atoms with Crippen LogP contribution in [0, 0.1) is 5.92 Å². The standard InChI is InChI=1S/C19H23N5OS/c1-15-5-3-9-23(12-15)18-21-22-19(24(18)13-17-7-4-10-25-17)26-14-16-6-2-8-20-11-16/h2,4,6-8,10-11,15H,3,5,9,12-14H2,1H3. The van der Waals surface area contributed by atoms with Gasteiger partial charge in [0.1, 0.15) is 5.76 Å². The van der Waals surface area contributed by atoms with E-state index in [0.29, 0.717) is 12.5 Å². The Kier molecular flexibility index (Phi) is 5.24. The van der Waals surface area contributed by atoms with Crippen LogP contribution in [-0.2, 0) is 12.3 Å². The Morgan fingerprint density at radius 3 is 3.00 bits per heavy atom. The van der Waals surface area contributed by atoms with Crippen LogP contribution in [0.3, 0.4) is 0 Å². The van der Waals surface area contributed by atoms with E-state index in [4.69, 9.17) is 4.42 Å². The van der Waals surface area contributed by atoms with Crippen molar-refractivity contribution in [1.82, 2.24) is 19.7 Å². The van der Waals surface area contributed by atoms with Gasteiger partial charge in [0.25, 0.3) is 0 Å². The summed E-state index contributed by atoms with van der Waals surface area (Å²) in [5.74, 6) is 3.37. The van der Waals surface area contributed by atoms with Gasteiger partial charge in [-0.3, -0.25) is 9.55 Å². The fraction of sp³-hybridized carbons (Fsp3) is 0.421. The van der Waals surface area contributed by atoms with E-state index in [2.05, 4.69) is 37.6 Å². The van der Waals surface area contributed by atoms with E-state index in [9.17, 15) is 0 Å². The molecule has 26 heavy (non-hydrogen) atoms. The molecule has 0 bridgehead atoms. The molecule has 0 radical (unpaired) electrons. The first-order chi connectivity index (χ1) is 12.8. The molecule has 1 saturated heterocycles. The molecule has 6 nitrogen and oxygen atoms in total. The molecule has 1 aliphatic heterocycles. The minimum absolute atomic E-state index is 0.648. The third-order valence-electron chi connectivity index (χ3n) is 4.62. The monoisotopic (exact) mass is 369 g/mol. The summed E-state index contributed by atoms with van der Waals surface area (Å²) in [4.78, 5) is 6.55. The van der Waals surface area contributed by atoms with Crippen molar-refractivity contribution in [1.29, 1.82) is 0 Å². The molecule has 0 N–H and O–H groups in total. The normalized spacial score (nSPS) is 17.6.